The molecule has 0 spiro atoms. The van der Waals surface area contributed by atoms with Crippen LogP contribution in [0.15, 0.2) is 72.8 Å². The van der Waals surface area contributed by atoms with E-state index in [0.29, 0.717) is 18.7 Å². The van der Waals surface area contributed by atoms with Crippen LogP contribution in [0.2, 0.25) is 0 Å². The monoisotopic (exact) mass is 369 g/mol. The Labute approximate surface area is 157 Å². The Hall–Kier alpha value is -2.92. The Morgan fingerprint density at radius 1 is 0.852 bits per heavy atom. The summed E-state index contributed by atoms with van der Waals surface area (Å²) in [5.41, 5.74) is 4.39. The van der Waals surface area contributed by atoms with Gasteiger partial charge in [-0.05, 0) is 40.8 Å². The number of benzene rings is 3. The molecule has 140 valence electrons. The molecular weight excluding hydrogens is 348 g/mol. The van der Waals surface area contributed by atoms with Gasteiger partial charge in [-0.3, -0.25) is 0 Å². The van der Waals surface area contributed by atoms with E-state index in [2.05, 4.69) is 10.1 Å². The highest BCUT2D eigenvalue weighted by atomic mass is 19.3. The Balaban J connectivity index is 1.88. The van der Waals surface area contributed by atoms with Crippen LogP contribution in [0.1, 0.15) is 11.1 Å². The van der Waals surface area contributed by atoms with Gasteiger partial charge in [0.2, 0.25) is 0 Å². The summed E-state index contributed by atoms with van der Waals surface area (Å²) in [7, 11) is 0. The molecule has 3 aromatic carbocycles. The number of anilines is 1. The van der Waals surface area contributed by atoms with Gasteiger partial charge in [0.1, 0.15) is 5.75 Å². The lowest BCUT2D eigenvalue weighted by Gasteiger charge is -2.15. The van der Waals surface area contributed by atoms with Crippen molar-refractivity contribution < 1.29 is 18.6 Å². The van der Waals surface area contributed by atoms with Crippen LogP contribution >= 0.6 is 0 Å². The topological polar surface area (TPSA) is 41.5 Å². The van der Waals surface area contributed by atoms with Gasteiger partial charge < -0.3 is 15.2 Å². The fraction of sp³-hybridized carbons (Fsp3) is 0.182. The Bertz CT molecular complexity index is 869. The summed E-state index contributed by atoms with van der Waals surface area (Å²) in [6.07, 6.45) is 0.569. The molecule has 0 heterocycles. The molecule has 5 heteroatoms. The molecule has 0 aliphatic rings. The normalized spacial score (nSPS) is 10.8. The molecule has 0 unspecified atom stereocenters. The molecule has 0 amide bonds. The van der Waals surface area contributed by atoms with E-state index in [4.69, 9.17) is 5.11 Å². The van der Waals surface area contributed by atoms with Gasteiger partial charge in [-0.25, -0.2) is 0 Å². The van der Waals surface area contributed by atoms with E-state index in [1.165, 1.54) is 0 Å². The highest BCUT2D eigenvalue weighted by Gasteiger charge is 2.11. The molecule has 0 aliphatic carbocycles. The quantitative estimate of drug-likeness (QED) is 0.580. The van der Waals surface area contributed by atoms with Gasteiger partial charge in [0.15, 0.2) is 0 Å². The predicted molar refractivity (Wildman–Crippen MR) is 103 cm³/mol. The number of rotatable bonds is 8. The van der Waals surface area contributed by atoms with Crippen molar-refractivity contribution >= 4 is 5.69 Å². The largest absolute Gasteiger partial charge is 0.433 e. The summed E-state index contributed by atoms with van der Waals surface area (Å²) < 4.78 is 30.2. The molecule has 0 aromatic heterocycles. The maximum absolute atomic E-state index is 12.8. The number of alkyl halides is 2. The van der Waals surface area contributed by atoms with Gasteiger partial charge in [-0.15, -0.1) is 0 Å². The van der Waals surface area contributed by atoms with Gasteiger partial charge >= 0.3 is 6.61 Å². The number of hydrogen-bond acceptors (Lipinski definition) is 3. The van der Waals surface area contributed by atoms with Crippen LogP contribution in [-0.4, -0.2) is 18.3 Å². The van der Waals surface area contributed by atoms with Gasteiger partial charge in [-0.1, -0.05) is 60.7 Å². The summed E-state index contributed by atoms with van der Waals surface area (Å²) in [5.74, 6) is 0.108. The van der Waals surface area contributed by atoms with E-state index >= 15 is 0 Å². The van der Waals surface area contributed by atoms with E-state index in [-0.39, 0.29) is 12.4 Å². The molecule has 0 atom stereocenters. The fourth-order valence-corrected chi connectivity index (χ4v) is 2.88. The van der Waals surface area contributed by atoms with Crippen LogP contribution in [-0.2, 0) is 13.0 Å². The zero-order chi connectivity index (χ0) is 19.1. The van der Waals surface area contributed by atoms with Crippen molar-refractivity contribution in [1.82, 2.24) is 0 Å². The van der Waals surface area contributed by atoms with E-state index in [0.717, 1.165) is 22.3 Å². The van der Waals surface area contributed by atoms with Gasteiger partial charge in [0.25, 0.3) is 0 Å². The lowest BCUT2D eigenvalue weighted by atomic mass is 10.0. The van der Waals surface area contributed by atoms with Crippen LogP contribution in [0.25, 0.3) is 11.1 Å². The third kappa shape index (κ3) is 5.28. The first kappa shape index (κ1) is 18.9. The van der Waals surface area contributed by atoms with Crippen molar-refractivity contribution in [2.45, 2.75) is 19.6 Å². The minimum atomic E-state index is -2.89. The van der Waals surface area contributed by atoms with Crippen LogP contribution in [0.4, 0.5) is 14.5 Å². The first-order valence-corrected chi connectivity index (χ1v) is 8.72. The minimum absolute atomic E-state index is 0.0779. The Morgan fingerprint density at radius 3 is 2.33 bits per heavy atom. The molecule has 2 N–H and O–H groups in total. The molecule has 0 aliphatic heterocycles. The van der Waals surface area contributed by atoms with E-state index in [9.17, 15) is 8.78 Å². The average molecular weight is 369 g/mol. The molecule has 3 nitrogen and oxygen atoms in total. The molecule has 27 heavy (non-hydrogen) atoms. The minimum Gasteiger partial charge on any atom is -0.433 e. The Kier molecular flexibility index (Phi) is 6.39. The summed E-state index contributed by atoms with van der Waals surface area (Å²) >= 11 is 0. The number of halogens is 2. The van der Waals surface area contributed by atoms with Crippen LogP contribution in [0, 0.1) is 0 Å². The summed E-state index contributed by atoms with van der Waals surface area (Å²) in [6.45, 7) is -2.32. The van der Waals surface area contributed by atoms with Crippen molar-refractivity contribution in [1.29, 1.82) is 0 Å². The number of hydrogen-bond donors (Lipinski definition) is 2. The molecule has 0 bridgehead atoms. The summed E-state index contributed by atoms with van der Waals surface area (Å²) in [4.78, 5) is 0. The molecule has 0 fully saturated rings. The summed E-state index contributed by atoms with van der Waals surface area (Å²) in [5, 5.41) is 12.3. The van der Waals surface area contributed by atoms with E-state index < -0.39 is 6.61 Å². The van der Waals surface area contributed by atoms with Crippen LogP contribution in [0.5, 0.6) is 5.75 Å². The van der Waals surface area contributed by atoms with Gasteiger partial charge in [-0.2, -0.15) is 8.78 Å². The standard InChI is InChI=1S/C22H21F2NO2/c23-22(24)27-21-10-9-19(18-8-4-7-16(13-18)11-12-26)14-20(21)25-15-17-5-2-1-3-6-17/h1-10,13-14,22,25-26H,11-12,15H2. The number of ether oxygens (including phenoxy) is 1. The molecule has 0 radical (unpaired) electrons. The van der Waals surface area contributed by atoms with E-state index in [1.54, 1.807) is 18.2 Å². The smallest absolute Gasteiger partial charge is 0.387 e. The zero-order valence-electron chi connectivity index (χ0n) is 14.7. The second-order valence-corrected chi connectivity index (χ2v) is 6.10. The maximum atomic E-state index is 12.8. The van der Waals surface area contributed by atoms with Crippen LogP contribution < -0.4 is 10.1 Å². The molecule has 0 saturated carbocycles. The highest BCUT2D eigenvalue weighted by Crippen LogP contribution is 2.32. The third-order valence-corrected chi connectivity index (χ3v) is 4.18. The van der Waals surface area contributed by atoms with E-state index in [1.807, 2.05) is 54.6 Å². The lowest BCUT2D eigenvalue weighted by Crippen LogP contribution is -2.07. The highest BCUT2D eigenvalue weighted by molar-refractivity contribution is 5.72. The van der Waals surface area contributed by atoms with Crippen molar-refractivity contribution in [2.24, 2.45) is 0 Å². The lowest BCUT2D eigenvalue weighted by molar-refractivity contribution is -0.0493. The molecule has 3 aromatic rings. The first-order valence-electron chi connectivity index (χ1n) is 8.72. The average Bonchev–Trinajstić information content (AvgIpc) is 2.68. The van der Waals surface area contributed by atoms with Gasteiger partial charge in [0.05, 0.1) is 5.69 Å². The SMILES string of the molecule is OCCc1cccc(-c2ccc(OC(F)F)c(NCc3ccccc3)c2)c1. The number of aliphatic hydroxyl groups excluding tert-OH is 1. The van der Waals surface area contributed by atoms with Crippen molar-refractivity contribution in [2.75, 3.05) is 11.9 Å². The van der Waals surface area contributed by atoms with Crippen molar-refractivity contribution in [3.8, 4) is 16.9 Å². The van der Waals surface area contributed by atoms with Crippen LogP contribution in [0.3, 0.4) is 0 Å². The second kappa shape index (κ2) is 9.14. The maximum Gasteiger partial charge on any atom is 0.387 e. The van der Waals surface area contributed by atoms with Crippen molar-refractivity contribution in [3.05, 3.63) is 83.9 Å². The third-order valence-electron chi connectivity index (χ3n) is 4.18. The first-order chi connectivity index (χ1) is 13.2. The predicted octanol–water partition coefficient (Wildman–Crippen LogP) is 5.10. The molecule has 0 saturated heterocycles. The van der Waals surface area contributed by atoms with Gasteiger partial charge in [0, 0.05) is 13.2 Å². The molecular formula is C22H21F2NO2. The number of aliphatic hydroxyl groups is 1. The second-order valence-electron chi connectivity index (χ2n) is 6.10. The zero-order valence-corrected chi connectivity index (χ0v) is 14.7. The number of nitrogens with one attached hydrogen (secondary N) is 1. The fourth-order valence-electron chi connectivity index (χ4n) is 2.88. The Morgan fingerprint density at radius 2 is 1.59 bits per heavy atom. The summed E-state index contributed by atoms with van der Waals surface area (Å²) in [6, 6.07) is 22.6. The van der Waals surface area contributed by atoms with Crippen molar-refractivity contribution in [3.63, 3.8) is 0 Å². The molecule has 3 rings (SSSR count).